The molecule has 0 aliphatic carbocycles. The molecule has 20 unspecified atom stereocenters. The van der Waals surface area contributed by atoms with E-state index in [-0.39, 0.29) is 179 Å². The zero-order chi connectivity index (χ0) is 103. The first-order valence-electron chi connectivity index (χ1n) is 54.9. The van der Waals surface area contributed by atoms with Crippen molar-refractivity contribution >= 4 is 0 Å². The Labute approximate surface area is 877 Å². The third-order valence-electron chi connectivity index (χ3n) is 28.7. The molecule has 0 amide bonds. The van der Waals surface area contributed by atoms with Crippen LogP contribution < -0.4 is 0 Å². The average molecular weight is 2150 g/mol. The molecular formula is C101H180N8O40. The summed E-state index contributed by atoms with van der Waals surface area (Å²) in [5, 5.41) is 93.6. The Balaban J connectivity index is 0.522. The van der Waals surface area contributed by atoms with Crippen molar-refractivity contribution in [3.63, 3.8) is 0 Å². The van der Waals surface area contributed by atoms with Crippen LogP contribution in [0.2, 0.25) is 0 Å². The number of piperazine rings is 4. The van der Waals surface area contributed by atoms with Gasteiger partial charge in [-0.05, 0) is 0 Å². The van der Waals surface area contributed by atoms with E-state index in [1.807, 2.05) is 0 Å². The Hall–Kier alpha value is -1.92. The number of rotatable bonds is 96. The summed E-state index contributed by atoms with van der Waals surface area (Å²) in [6.07, 6.45) is -5.97. The SMILES string of the molecule is OC(COCC(COCC(O)CN1CCN(CC(O)COCC(COCC2CO2)(COCC2CO2)COCC2CO2)CC1)(COCC(O)CN1CCN(CC(O)COCC(COCC2CO2)(COCC2CO2)COCC2CO2)CC1)COCC(O)CN1CCN(CC(O)COCC(COCC2CO2)(COCC2CO2)COCC2CO2)CC1)CN1CCN(CC(O)COCC(COCC2CO2)(COCC2CO2)COCC2CO2)CC1. The minimum Gasteiger partial charge on any atom is -0.389 e. The second kappa shape index (κ2) is 63.5. The van der Waals surface area contributed by atoms with E-state index in [4.69, 9.17) is 152 Å². The van der Waals surface area contributed by atoms with Gasteiger partial charge in [-0.2, -0.15) is 0 Å². The van der Waals surface area contributed by atoms with E-state index in [9.17, 15) is 40.9 Å². The maximum Gasteiger partial charge on any atom is 0.104 e. The molecular weight excluding hydrogens is 1970 g/mol. The molecule has 8 N–H and O–H groups in total. The van der Waals surface area contributed by atoms with Gasteiger partial charge in [-0.1, -0.05) is 0 Å². The molecule has 16 aliphatic rings. The third-order valence-corrected chi connectivity index (χ3v) is 28.7. The molecule has 16 rings (SSSR count). The second-order valence-corrected chi connectivity index (χ2v) is 44.9. The number of aliphatic hydroxyl groups is 8. The number of ether oxygens (including phenoxy) is 32. The second-order valence-electron chi connectivity index (χ2n) is 44.9. The van der Waals surface area contributed by atoms with Crippen molar-refractivity contribution in [1.29, 1.82) is 0 Å². The van der Waals surface area contributed by atoms with Gasteiger partial charge in [0.15, 0.2) is 0 Å². The van der Waals surface area contributed by atoms with Crippen LogP contribution in [-0.4, -0.2) is 703 Å². The van der Waals surface area contributed by atoms with Crippen LogP contribution in [0.25, 0.3) is 0 Å². The Morgan fingerprint density at radius 1 is 0.148 bits per heavy atom. The molecule has 0 spiro atoms. The molecule has 0 aromatic rings. The highest BCUT2D eigenvalue weighted by Gasteiger charge is 2.45. The summed E-state index contributed by atoms with van der Waals surface area (Å²) in [5.74, 6) is 0. The summed E-state index contributed by atoms with van der Waals surface area (Å²) in [5.41, 5.74) is -3.73. The molecule has 0 aromatic carbocycles. The van der Waals surface area contributed by atoms with Crippen LogP contribution in [-0.2, 0) is 152 Å². The lowest BCUT2D eigenvalue weighted by Crippen LogP contribution is -2.52. The monoisotopic (exact) mass is 2150 g/mol. The van der Waals surface area contributed by atoms with Crippen LogP contribution in [0.4, 0.5) is 0 Å². The predicted molar refractivity (Wildman–Crippen MR) is 525 cm³/mol. The van der Waals surface area contributed by atoms with Gasteiger partial charge in [0.05, 0.1) is 419 Å². The van der Waals surface area contributed by atoms with Crippen LogP contribution in [0.5, 0.6) is 0 Å². The van der Waals surface area contributed by atoms with Crippen LogP contribution in [0.15, 0.2) is 0 Å². The molecule has 16 fully saturated rings. The van der Waals surface area contributed by atoms with Crippen molar-refractivity contribution < 1.29 is 192 Å². The van der Waals surface area contributed by atoms with Crippen LogP contribution in [0.3, 0.4) is 0 Å². The molecule has 0 aromatic heterocycles. The Bertz CT molecular complexity index is 2910. The molecule has 149 heavy (non-hydrogen) atoms. The molecule has 0 radical (unpaired) electrons. The number of epoxide rings is 12. The highest BCUT2D eigenvalue weighted by Crippen LogP contribution is 2.33. The smallest absolute Gasteiger partial charge is 0.104 e. The summed E-state index contributed by atoms with van der Waals surface area (Å²) >= 11 is 0. The van der Waals surface area contributed by atoms with E-state index < -0.39 is 75.9 Å². The Morgan fingerprint density at radius 2 is 0.228 bits per heavy atom. The fourth-order valence-electron chi connectivity index (χ4n) is 18.8. The van der Waals surface area contributed by atoms with E-state index in [1.54, 1.807) is 0 Å². The van der Waals surface area contributed by atoms with Gasteiger partial charge < -0.3 is 192 Å². The van der Waals surface area contributed by atoms with Crippen molar-refractivity contribution in [1.82, 2.24) is 39.2 Å². The van der Waals surface area contributed by atoms with E-state index in [0.717, 1.165) is 0 Å². The summed E-state index contributed by atoms with van der Waals surface area (Å²) < 4.78 is 191. The summed E-state index contributed by atoms with van der Waals surface area (Å²) in [7, 11) is 0. The van der Waals surface area contributed by atoms with Gasteiger partial charge in [-0.3, -0.25) is 39.2 Å². The fraction of sp³-hybridized carbons (Fsp3) is 1.00. The fourth-order valence-corrected chi connectivity index (χ4v) is 18.8. The molecule has 20 atom stereocenters. The van der Waals surface area contributed by atoms with Crippen molar-refractivity contribution in [2.24, 2.45) is 27.1 Å². The highest BCUT2D eigenvalue weighted by molar-refractivity contribution is 4.92. The van der Waals surface area contributed by atoms with Crippen molar-refractivity contribution in [3.05, 3.63) is 0 Å². The quantitative estimate of drug-likeness (QED) is 0.0262. The number of aliphatic hydroxyl groups excluding tert-OH is 8. The average Bonchev–Trinajstić information content (AvgIpc) is 1.46. The molecule has 0 saturated carbocycles. The van der Waals surface area contributed by atoms with Gasteiger partial charge in [0.1, 0.15) is 73.2 Å². The van der Waals surface area contributed by atoms with E-state index >= 15 is 0 Å². The Kier molecular flexibility index (Phi) is 50.9. The molecule has 16 saturated heterocycles. The number of nitrogens with zero attached hydrogens (tertiary/aromatic N) is 8. The Morgan fingerprint density at radius 3 is 0.309 bits per heavy atom. The minimum atomic E-state index is -1.13. The van der Waals surface area contributed by atoms with Gasteiger partial charge >= 0.3 is 0 Å². The lowest BCUT2D eigenvalue weighted by Gasteiger charge is -2.38. The predicted octanol–water partition coefficient (Wildman–Crippen LogP) is -7.61. The largest absolute Gasteiger partial charge is 0.389 e. The van der Waals surface area contributed by atoms with E-state index in [0.29, 0.717) is 395 Å². The van der Waals surface area contributed by atoms with Crippen LogP contribution in [0.1, 0.15) is 0 Å². The topological polar surface area (TPSA) is 523 Å². The third kappa shape index (κ3) is 50.1. The van der Waals surface area contributed by atoms with Crippen molar-refractivity contribution in [3.8, 4) is 0 Å². The molecule has 0 bridgehead atoms. The van der Waals surface area contributed by atoms with Gasteiger partial charge in [0.25, 0.3) is 0 Å². The zero-order valence-electron chi connectivity index (χ0n) is 88.0. The van der Waals surface area contributed by atoms with E-state index in [1.165, 1.54) is 0 Å². The van der Waals surface area contributed by atoms with Gasteiger partial charge in [0, 0.05) is 157 Å². The first-order chi connectivity index (χ1) is 72.7. The lowest BCUT2D eigenvalue weighted by molar-refractivity contribution is -0.135. The molecule has 16 aliphatic heterocycles. The maximum atomic E-state index is 11.9. The van der Waals surface area contributed by atoms with Crippen molar-refractivity contribution in [2.45, 2.75) is 122 Å². The zero-order valence-corrected chi connectivity index (χ0v) is 88.0. The maximum absolute atomic E-state index is 11.9. The summed E-state index contributed by atoms with van der Waals surface area (Å²) in [6, 6.07) is 0. The van der Waals surface area contributed by atoms with Crippen LogP contribution >= 0.6 is 0 Å². The summed E-state index contributed by atoms with van der Waals surface area (Å²) in [6.45, 7) is 30.9. The van der Waals surface area contributed by atoms with Gasteiger partial charge in [0.2, 0.25) is 0 Å². The summed E-state index contributed by atoms with van der Waals surface area (Å²) in [4.78, 5) is 17.5. The first kappa shape index (κ1) is 119. The number of β-amino-alcohol motifs (C(OH)–C–C–N with tert-alkyl or cyclic N) is 8. The first-order valence-corrected chi connectivity index (χ1v) is 54.9. The molecule has 48 nitrogen and oxygen atoms in total. The number of hydrogen-bond donors (Lipinski definition) is 8. The normalized spacial score (nSPS) is 29.8. The van der Waals surface area contributed by atoms with Crippen molar-refractivity contribution in [2.75, 3.05) is 501 Å². The number of hydrogen-bond acceptors (Lipinski definition) is 48. The molecule has 864 valence electrons. The standard InChI is InChI=1S/C101H180N8O40/c110-77(17-102-1-9-106(10-2-102)21-81(114)29-122-61-98(65-126-33-85-45-138-85,66-127-34-86-46-139-86)67-128-35-87-47-140-87)25-118-57-97(58-119-26-78(111)18-103-3-11-107(12-4-103)22-82(115)30-123-62-99(68-129-36-88-48-141-88,69-130-37-89-49-142-89)70-131-38-90-50-143-90,59-120-27-79(112)19-104-5-13-108(14-6-104)23-83(116)31-124-63-100(71-132-39-91-51-144-91,72-133-40-92-52-145-92)73-134-41-93-53-146-93)60-121-28-80(113)20-105-7-15-109(16-8-105)24-84(117)32-125-64-101(74-135-42-94-54-147-94,75-136-43-95-55-148-95)76-137-44-96-56-149-96/h77-96,110-117H,1-76H2. The highest BCUT2D eigenvalue weighted by atomic mass is 16.7. The molecule has 16 heterocycles. The lowest BCUT2D eigenvalue weighted by atomic mass is 9.92. The van der Waals surface area contributed by atoms with E-state index in [2.05, 4.69) is 39.2 Å². The van der Waals surface area contributed by atoms with Gasteiger partial charge in [-0.15, -0.1) is 0 Å². The van der Waals surface area contributed by atoms with Crippen LogP contribution in [0, 0.1) is 27.1 Å². The minimum absolute atomic E-state index is 0.0482. The van der Waals surface area contributed by atoms with Gasteiger partial charge in [-0.25, -0.2) is 0 Å². The molecule has 48 heteroatoms.